The van der Waals surface area contributed by atoms with Gasteiger partial charge >= 0.3 is 5.97 Å². The number of carboxylic acids is 1. The molecule has 0 atom stereocenters. The van der Waals surface area contributed by atoms with Crippen LogP contribution in [0.2, 0.25) is 0 Å². The zero-order valence-corrected chi connectivity index (χ0v) is 13.5. The second-order valence-electron chi connectivity index (χ2n) is 4.11. The number of pyridine rings is 1. The van der Waals surface area contributed by atoms with Crippen LogP contribution in [0.4, 0.5) is 0 Å². The van der Waals surface area contributed by atoms with Crippen LogP contribution in [0.15, 0.2) is 27.8 Å². The highest BCUT2D eigenvalue weighted by Crippen LogP contribution is 2.29. The number of hydrogen-bond donors (Lipinski definition) is 1. The molecule has 0 bridgehead atoms. The van der Waals surface area contributed by atoms with Crippen LogP contribution < -0.4 is 0 Å². The second-order valence-corrected chi connectivity index (χ2v) is 5.87. The van der Waals surface area contributed by atoms with Crippen molar-refractivity contribution in [1.82, 2.24) is 14.8 Å². The van der Waals surface area contributed by atoms with Gasteiger partial charge in [-0.3, -0.25) is 4.68 Å². The van der Waals surface area contributed by atoms with Gasteiger partial charge in [0.05, 0.1) is 21.4 Å². The molecule has 0 aliphatic rings. The number of thioether (sulfide) groups is 1. The summed E-state index contributed by atoms with van der Waals surface area (Å²) in [6.07, 6.45) is 1.60. The Balaban J connectivity index is 2.23. The van der Waals surface area contributed by atoms with Gasteiger partial charge in [0.25, 0.3) is 0 Å². The van der Waals surface area contributed by atoms with Crippen LogP contribution in [-0.4, -0.2) is 25.8 Å². The molecular formula is C13H14BrN3O2S. The van der Waals surface area contributed by atoms with Crippen LogP contribution in [0.1, 0.15) is 28.7 Å². The topological polar surface area (TPSA) is 68.0 Å². The van der Waals surface area contributed by atoms with Crippen molar-refractivity contribution < 1.29 is 9.90 Å². The number of hydrogen-bond acceptors (Lipinski definition) is 4. The van der Waals surface area contributed by atoms with Crippen molar-refractivity contribution in [2.75, 3.05) is 0 Å². The number of aromatic nitrogens is 3. The van der Waals surface area contributed by atoms with Crippen molar-refractivity contribution >= 4 is 33.7 Å². The highest BCUT2D eigenvalue weighted by atomic mass is 79.9. The summed E-state index contributed by atoms with van der Waals surface area (Å²) < 4.78 is 2.88. The number of aromatic carboxylic acids is 1. The van der Waals surface area contributed by atoms with Gasteiger partial charge in [-0.05, 0) is 41.9 Å². The van der Waals surface area contributed by atoms with E-state index in [0.29, 0.717) is 10.8 Å². The van der Waals surface area contributed by atoms with Gasteiger partial charge in [0.2, 0.25) is 0 Å². The predicted octanol–water partition coefficient (Wildman–Crippen LogP) is 3.36. The Morgan fingerprint density at radius 1 is 1.55 bits per heavy atom. The monoisotopic (exact) mass is 355 g/mol. The average molecular weight is 356 g/mol. The Morgan fingerprint density at radius 2 is 2.30 bits per heavy atom. The molecule has 20 heavy (non-hydrogen) atoms. The molecule has 0 radical (unpaired) electrons. The molecule has 0 aliphatic heterocycles. The fourth-order valence-electron chi connectivity index (χ4n) is 1.81. The smallest absolute Gasteiger partial charge is 0.338 e. The van der Waals surface area contributed by atoms with E-state index in [1.165, 1.54) is 11.8 Å². The quantitative estimate of drug-likeness (QED) is 0.832. The first-order valence-electron chi connectivity index (χ1n) is 6.07. The van der Waals surface area contributed by atoms with E-state index in [-0.39, 0.29) is 5.56 Å². The van der Waals surface area contributed by atoms with Crippen LogP contribution in [0.3, 0.4) is 0 Å². The maximum Gasteiger partial charge on any atom is 0.338 e. The lowest BCUT2D eigenvalue weighted by atomic mass is 10.3. The molecule has 5 nitrogen and oxygen atoms in total. The Hall–Kier alpha value is -1.34. The van der Waals surface area contributed by atoms with Gasteiger partial charge in [-0.25, -0.2) is 9.78 Å². The van der Waals surface area contributed by atoms with Gasteiger partial charge < -0.3 is 5.11 Å². The normalized spacial score (nSPS) is 10.8. The highest BCUT2D eigenvalue weighted by molar-refractivity contribution is 9.10. The molecule has 0 spiro atoms. The molecule has 0 aromatic carbocycles. The van der Waals surface area contributed by atoms with Crippen LogP contribution in [-0.2, 0) is 12.3 Å². The van der Waals surface area contributed by atoms with Crippen molar-refractivity contribution in [3.05, 3.63) is 39.8 Å². The lowest BCUT2D eigenvalue weighted by Crippen LogP contribution is -2.03. The van der Waals surface area contributed by atoms with Crippen molar-refractivity contribution in [3.63, 3.8) is 0 Å². The van der Waals surface area contributed by atoms with E-state index in [2.05, 4.69) is 26.0 Å². The van der Waals surface area contributed by atoms with E-state index in [9.17, 15) is 4.79 Å². The molecule has 2 aromatic heterocycles. The van der Waals surface area contributed by atoms with E-state index >= 15 is 0 Å². The molecule has 0 unspecified atom stereocenters. The van der Waals surface area contributed by atoms with Gasteiger partial charge in [-0.15, -0.1) is 0 Å². The Bertz CT molecular complexity index is 643. The predicted molar refractivity (Wildman–Crippen MR) is 81.1 cm³/mol. The third kappa shape index (κ3) is 3.04. The SMILES string of the molecule is CCn1nc(C)c(Br)c1CSc1ncccc1C(=O)O. The fourth-order valence-corrected chi connectivity index (χ4v) is 3.44. The minimum Gasteiger partial charge on any atom is -0.478 e. The van der Waals surface area contributed by atoms with Crippen LogP contribution >= 0.6 is 27.7 Å². The molecule has 0 aliphatic carbocycles. The zero-order chi connectivity index (χ0) is 14.7. The van der Waals surface area contributed by atoms with E-state index in [0.717, 1.165) is 22.4 Å². The van der Waals surface area contributed by atoms with Crippen molar-refractivity contribution in [1.29, 1.82) is 0 Å². The first-order chi connectivity index (χ1) is 9.54. The molecular weight excluding hydrogens is 342 g/mol. The zero-order valence-electron chi connectivity index (χ0n) is 11.1. The first-order valence-corrected chi connectivity index (χ1v) is 7.85. The van der Waals surface area contributed by atoms with Gasteiger partial charge in [-0.1, -0.05) is 11.8 Å². The fraction of sp³-hybridized carbons (Fsp3) is 0.308. The maximum absolute atomic E-state index is 11.1. The third-order valence-corrected chi connectivity index (χ3v) is 4.85. The summed E-state index contributed by atoms with van der Waals surface area (Å²) in [5.74, 6) is -0.341. The van der Waals surface area contributed by atoms with Gasteiger partial charge in [0, 0.05) is 18.5 Å². The molecule has 0 saturated heterocycles. The lowest BCUT2D eigenvalue weighted by molar-refractivity contribution is 0.0692. The molecule has 0 saturated carbocycles. The van der Waals surface area contributed by atoms with Crippen LogP contribution in [0.5, 0.6) is 0 Å². The molecule has 0 amide bonds. The number of carbonyl (C=O) groups is 1. The highest BCUT2D eigenvalue weighted by Gasteiger charge is 2.15. The summed E-state index contributed by atoms with van der Waals surface area (Å²) in [6.45, 7) is 4.74. The standard InChI is InChI=1S/C13H14BrN3O2S/c1-3-17-10(11(14)8(2)16-17)7-20-12-9(13(18)19)5-4-6-15-12/h4-6H,3,7H2,1-2H3,(H,18,19). The number of rotatable bonds is 5. The lowest BCUT2D eigenvalue weighted by Gasteiger charge is -2.07. The summed E-state index contributed by atoms with van der Waals surface area (Å²) >= 11 is 4.93. The summed E-state index contributed by atoms with van der Waals surface area (Å²) in [5.41, 5.74) is 2.20. The molecule has 2 rings (SSSR count). The number of halogens is 1. The molecule has 2 aromatic rings. The molecule has 2 heterocycles. The van der Waals surface area contributed by atoms with E-state index in [4.69, 9.17) is 5.11 Å². The van der Waals surface area contributed by atoms with E-state index in [1.54, 1.807) is 18.3 Å². The number of aryl methyl sites for hydroxylation is 2. The van der Waals surface area contributed by atoms with Crippen LogP contribution in [0.25, 0.3) is 0 Å². The third-order valence-electron chi connectivity index (χ3n) is 2.80. The first kappa shape index (κ1) is 15.1. The van der Waals surface area contributed by atoms with Crippen molar-refractivity contribution in [3.8, 4) is 0 Å². The minimum absolute atomic E-state index is 0.230. The van der Waals surface area contributed by atoms with Crippen molar-refractivity contribution in [2.24, 2.45) is 0 Å². The number of carboxylic acid groups (broad SMARTS) is 1. The second kappa shape index (κ2) is 6.41. The van der Waals surface area contributed by atoms with Gasteiger partial charge in [0.15, 0.2) is 0 Å². The Labute approximate surface area is 129 Å². The summed E-state index contributed by atoms with van der Waals surface area (Å²) in [4.78, 5) is 15.3. The van der Waals surface area contributed by atoms with E-state index in [1.807, 2.05) is 18.5 Å². The van der Waals surface area contributed by atoms with Crippen LogP contribution in [0, 0.1) is 6.92 Å². The van der Waals surface area contributed by atoms with Gasteiger partial charge in [0.1, 0.15) is 5.03 Å². The Morgan fingerprint density at radius 3 is 2.95 bits per heavy atom. The summed E-state index contributed by atoms with van der Waals surface area (Å²) in [7, 11) is 0. The number of nitrogens with zero attached hydrogens (tertiary/aromatic N) is 3. The van der Waals surface area contributed by atoms with E-state index < -0.39 is 5.97 Å². The average Bonchev–Trinajstić information content (AvgIpc) is 2.72. The van der Waals surface area contributed by atoms with Crippen molar-refractivity contribution in [2.45, 2.75) is 31.2 Å². The minimum atomic E-state index is -0.958. The molecule has 1 N–H and O–H groups in total. The molecule has 106 valence electrons. The molecule has 7 heteroatoms. The van der Waals surface area contributed by atoms with Gasteiger partial charge in [-0.2, -0.15) is 5.10 Å². The summed E-state index contributed by atoms with van der Waals surface area (Å²) in [5, 5.41) is 14.1. The molecule has 0 fully saturated rings. The largest absolute Gasteiger partial charge is 0.478 e. The Kier molecular flexibility index (Phi) is 4.82. The maximum atomic E-state index is 11.1. The summed E-state index contributed by atoms with van der Waals surface area (Å²) in [6, 6.07) is 3.19.